The maximum absolute atomic E-state index is 13.6. The van der Waals surface area contributed by atoms with Gasteiger partial charge in [-0.1, -0.05) is 19.3 Å². The topological polar surface area (TPSA) is 393 Å². The number of phosphoric acid groups is 2. The number of phosphoric ester groups is 2. The van der Waals surface area contributed by atoms with Crippen LogP contribution in [0.15, 0.2) is 58.9 Å². The molecule has 8 heterocycles. The van der Waals surface area contributed by atoms with Crippen molar-refractivity contribution in [2.45, 2.75) is 88.1 Å². The lowest BCUT2D eigenvalue weighted by Crippen LogP contribution is -3.00. The summed E-state index contributed by atoms with van der Waals surface area (Å²) in [6.45, 7) is -0.687. The molecule has 33 heteroatoms. The number of aromatic amines is 2. The fourth-order valence-corrected chi connectivity index (χ4v) is 9.68. The fourth-order valence-electron chi connectivity index (χ4n) is 8.04. The van der Waals surface area contributed by atoms with Crippen molar-refractivity contribution in [3.63, 3.8) is 0 Å². The lowest BCUT2D eigenvalue weighted by atomic mass is 10.1. The van der Waals surface area contributed by atoms with Crippen LogP contribution in [-0.2, 0) is 50.8 Å². The number of carbonyl (C=O) groups is 1. The molecule has 0 aliphatic carbocycles. The molecule has 0 spiro atoms. The second-order valence-electron chi connectivity index (χ2n) is 16.8. The largest absolute Gasteiger partial charge is 1.00 e. The molecular formula is C41H54I2N12O17P2. The molecule has 0 amide bonds. The number of unbranched alkanes of at least 4 members (excludes halogenated alkanes) is 4. The van der Waals surface area contributed by atoms with Crippen molar-refractivity contribution in [3.05, 3.63) is 81.4 Å². The monoisotopic (exact) mass is 1300 g/mol. The summed E-state index contributed by atoms with van der Waals surface area (Å²) in [7, 11) is -7.32. The van der Waals surface area contributed by atoms with Gasteiger partial charge < -0.3 is 98.4 Å². The molecule has 2 unspecified atom stereocenters. The van der Waals surface area contributed by atoms with Gasteiger partial charge in [0.15, 0.2) is 40.0 Å². The summed E-state index contributed by atoms with van der Waals surface area (Å²) < 4.78 is 77.8. The molecule has 2 aliphatic rings. The maximum Gasteiger partial charge on any atom is 0.475 e. The Kier molecular flexibility index (Phi) is 20.2. The first-order valence-corrected chi connectivity index (χ1v) is 25.5. The number of imidazole rings is 2. The lowest BCUT2D eigenvalue weighted by molar-refractivity contribution is -0.685. The summed E-state index contributed by atoms with van der Waals surface area (Å²) in [6, 6.07) is 6.39. The number of anilines is 2. The number of H-pyrrole nitrogens is 2. The minimum atomic E-state index is -5.29. The van der Waals surface area contributed by atoms with E-state index in [1.165, 1.54) is 51.7 Å². The number of nitrogens with two attached hydrogens (primary N) is 2. The zero-order valence-electron chi connectivity index (χ0n) is 39.5. The quantitative estimate of drug-likeness (QED) is 0.00700. The van der Waals surface area contributed by atoms with Gasteiger partial charge in [0.05, 0.1) is 51.3 Å². The van der Waals surface area contributed by atoms with Crippen LogP contribution in [0, 0.1) is 0 Å². The van der Waals surface area contributed by atoms with Gasteiger partial charge in [-0.25, -0.2) is 28.1 Å². The van der Waals surface area contributed by atoms with Crippen LogP contribution in [0.2, 0.25) is 0 Å². The second kappa shape index (κ2) is 25.5. The molecule has 0 aromatic carbocycles. The summed E-state index contributed by atoms with van der Waals surface area (Å²) in [6.07, 6.45) is 1.43. The Morgan fingerprint density at radius 1 is 0.784 bits per heavy atom. The number of halogens is 2. The SMILES string of the molecule is C[n+]1cc(OCCCCCCCOc2ccc[n+](C)c2C=O)ccc1C(OP(=O)(O)OC[C@H]1O[C@@H](n2cnc3c(=O)[nH]c(N)nc32)C[C@@H]1O)OP(=O)(O)OC[C@H]1O[C@@H](n2cnc3c(=O)[nH]c(N)nc32)C[C@@H]1O.[I-].[I-]. The van der Waals surface area contributed by atoms with Crippen LogP contribution in [0.25, 0.3) is 22.3 Å². The number of hydrogen-bond donors (Lipinski definition) is 8. The van der Waals surface area contributed by atoms with E-state index in [-0.39, 0.29) is 101 Å². The Hall–Kier alpha value is -4.61. The standard InChI is InChI=1S/C41H52N12O17P2.2HI/c1-50-12-8-9-28(25(50)18-54)64-14-7-5-3-4-6-13-63-23-10-11-24(51(2)17-23)39(69-71(59,60)65-19-29-26(55)15-31(67-29)52-21-44-33-35(52)46-40(42)48-37(33)57)70-72(61,62)66-20-30-27(56)16-32(68-30)53-22-45-34-36(53)47-41(43)49-38(34)58;;/h8-12,17-18,21-22,26-27,29-32,39,55-56H,3-7,13-16,19-20H2,1-2H3,(H6-2,42,43,46,47,48,49,57,58,59,60,61,62);2*1H/t26-,27-,29+,30+,31+,32+;;/m0../s1. The molecule has 8 rings (SSSR count). The minimum absolute atomic E-state index is 0. The molecule has 6 aromatic rings. The van der Waals surface area contributed by atoms with Crippen LogP contribution >= 0.6 is 15.6 Å². The number of hydrogen-bond acceptors (Lipinski definition) is 21. The first kappa shape index (κ1) is 58.6. The number of fused-ring (bicyclic) bond motifs is 2. The molecule has 8 atom stereocenters. The zero-order valence-corrected chi connectivity index (χ0v) is 45.6. The molecule has 0 bridgehead atoms. The molecular weight excluding hydrogens is 1250 g/mol. The highest BCUT2D eigenvalue weighted by molar-refractivity contribution is 7.48. The number of aromatic nitrogens is 10. The van der Waals surface area contributed by atoms with Crippen LogP contribution in [0.5, 0.6) is 11.5 Å². The van der Waals surface area contributed by atoms with Gasteiger partial charge in [0.25, 0.3) is 23.1 Å². The highest BCUT2D eigenvalue weighted by atomic mass is 127. The van der Waals surface area contributed by atoms with Gasteiger partial charge in [-0.2, -0.15) is 19.1 Å². The van der Waals surface area contributed by atoms with Gasteiger partial charge in [-0.05, 0) is 25.0 Å². The number of aryl methyl sites for hydroxylation is 2. The molecule has 2 aliphatic heterocycles. The maximum atomic E-state index is 13.6. The van der Waals surface area contributed by atoms with Gasteiger partial charge in [0.2, 0.25) is 30.1 Å². The van der Waals surface area contributed by atoms with Crippen molar-refractivity contribution >= 4 is 56.2 Å². The Morgan fingerprint density at radius 3 is 1.78 bits per heavy atom. The van der Waals surface area contributed by atoms with Crippen LogP contribution in [0.3, 0.4) is 0 Å². The van der Waals surface area contributed by atoms with Crippen LogP contribution in [-0.4, -0.2) is 116 Å². The van der Waals surface area contributed by atoms with Crippen molar-refractivity contribution in [3.8, 4) is 11.5 Å². The van der Waals surface area contributed by atoms with Crippen molar-refractivity contribution in [1.82, 2.24) is 39.0 Å². The number of nitrogens with one attached hydrogen (secondary N) is 2. The van der Waals surface area contributed by atoms with E-state index in [0.717, 1.165) is 32.0 Å². The third-order valence-corrected chi connectivity index (χ3v) is 13.6. The molecule has 6 aromatic heterocycles. The minimum Gasteiger partial charge on any atom is -1.00 e. The smallest absolute Gasteiger partial charge is 0.475 e. The number of nitrogen functional groups attached to an aromatic ring is 2. The van der Waals surface area contributed by atoms with Gasteiger partial charge in [-0.15, -0.1) is 0 Å². The van der Waals surface area contributed by atoms with E-state index in [4.69, 9.17) is 48.5 Å². The van der Waals surface area contributed by atoms with Gasteiger partial charge >= 0.3 is 15.6 Å². The number of aliphatic hydroxyl groups is 2. The predicted octanol–water partition coefficient (Wildman–Crippen LogP) is -5.44. The third kappa shape index (κ3) is 14.2. The molecule has 2 fully saturated rings. The fraction of sp³-hybridized carbons (Fsp3) is 0.488. The van der Waals surface area contributed by atoms with E-state index in [1.54, 1.807) is 29.9 Å². The third-order valence-electron chi connectivity index (χ3n) is 11.7. The van der Waals surface area contributed by atoms with E-state index in [0.29, 0.717) is 36.8 Å². The molecule has 2 saturated heterocycles. The Bertz CT molecular complexity index is 2990. The van der Waals surface area contributed by atoms with Crippen LogP contribution in [0.4, 0.5) is 11.9 Å². The zero-order chi connectivity index (χ0) is 51.3. The summed E-state index contributed by atoms with van der Waals surface area (Å²) in [5.74, 6) is 0.521. The van der Waals surface area contributed by atoms with E-state index < -0.39 is 83.1 Å². The number of ether oxygens (including phenoxy) is 4. The van der Waals surface area contributed by atoms with Crippen LogP contribution in [0.1, 0.15) is 79.9 Å². The van der Waals surface area contributed by atoms with Gasteiger partial charge in [-0.3, -0.25) is 42.5 Å². The highest BCUT2D eigenvalue weighted by Gasteiger charge is 2.44. The number of pyridine rings is 2. The summed E-state index contributed by atoms with van der Waals surface area (Å²) in [4.78, 5) is 79.0. The summed E-state index contributed by atoms with van der Waals surface area (Å²) in [5, 5.41) is 21.7. The number of aliphatic hydroxyl groups excluding tert-OH is 2. The molecule has 0 saturated carbocycles. The number of aldehydes is 1. The van der Waals surface area contributed by atoms with Crippen molar-refractivity contribution in [2.75, 3.05) is 37.9 Å². The second-order valence-corrected chi connectivity index (χ2v) is 19.7. The summed E-state index contributed by atoms with van der Waals surface area (Å²) in [5.41, 5.74) is 10.6. The average molecular weight is 1300 g/mol. The molecule has 0 radical (unpaired) electrons. The van der Waals surface area contributed by atoms with Gasteiger partial charge in [0, 0.05) is 25.0 Å². The number of rotatable bonds is 24. The number of nitrogens with zero attached hydrogens (tertiary/aromatic N) is 8. The molecule has 74 heavy (non-hydrogen) atoms. The van der Waals surface area contributed by atoms with Crippen LogP contribution < -0.4 is 89.1 Å². The van der Waals surface area contributed by atoms with E-state index in [1.807, 2.05) is 0 Å². The highest BCUT2D eigenvalue weighted by Crippen LogP contribution is 2.55. The average Bonchev–Trinajstić information content (AvgIpc) is 4.12. The van der Waals surface area contributed by atoms with Crippen molar-refractivity contribution in [2.24, 2.45) is 14.1 Å². The van der Waals surface area contributed by atoms with Gasteiger partial charge in [0.1, 0.15) is 38.8 Å². The molecule has 10 N–H and O–H groups in total. The van der Waals surface area contributed by atoms with E-state index in [9.17, 15) is 43.5 Å². The molecule has 29 nitrogen and oxygen atoms in total. The first-order chi connectivity index (χ1) is 34.4. The Labute approximate surface area is 453 Å². The Balaban J connectivity index is 0.00000446. The van der Waals surface area contributed by atoms with E-state index in [2.05, 4.69) is 29.9 Å². The van der Waals surface area contributed by atoms with Crippen molar-refractivity contribution < 1.29 is 128 Å². The van der Waals surface area contributed by atoms with E-state index >= 15 is 0 Å². The number of carbonyl (C=O) groups excluding carboxylic acids is 1. The Morgan fingerprint density at radius 2 is 1.28 bits per heavy atom. The normalized spacial score (nSPS) is 21.6. The summed E-state index contributed by atoms with van der Waals surface area (Å²) >= 11 is 0. The molecule has 404 valence electrons. The first-order valence-electron chi connectivity index (χ1n) is 22.5. The lowest BCUT2D eigenvalue weighted by Gasteiger charge is -2.23. The predicted molar refractivity (Wildman–Crippen MR) is 245 cm³/mol. The van der Waals surface area contributed by atoms with Crippen molar-refractivity contribution in [1.29, 1.82) is 0 Å².